The first kappa shape index (κ1) is 8.08. The van der Waals surface area contributed by atoms with E-state index in [2.05, 4.69) is 28.0 Å². The first-order chi connectivity index (χ1) is 4.74. The van der Waals surface area contributed by atoms with E-state index in [0.29, 0.717) is 5.02 Å². The summed E-state index contributed by atoms with van der Waals surface area (Å²) in [5, 5.41) is 4.78. The average molecular weight is 224 g/mol. The van der Waals surface area contributed by atoms with Crippen LogP contribution in [0.4, 0.5) is 0 Å². The molecule has 0 spiro atoms. The molecule has 0 bridgehead atoms. The van der Waals surface area contributed by atoms with Gasteiger partial charge >= 0.3 is 0 Å². The van der Waals surface area contributed by atoms with Gasteiger partial charge in [-0.25, -0.2) is 0 Å². The van der Waals surface area contributed by atoms with Crippen LogP contribution in [-0.2, 0) is 6.54 Å². The molecule has 0 aromatic carbocycles. The van der Waals surface area contributed by atoms with Gasteiger partial charge in [0.25, 0.3) is 0 Å². The predicted octanol–water partition coefficient (Wildman–Crippen LogP) is 2.71. The van der Waals surface area contributed by atoms with Crippen LogP contribution in [0.2, 0.25) is 5.02 Å². The standard InChI is InChI=1S/C6H8BrClN2/c1-2-3-10-4-5(8)6(7)9-10/h4H,2-3H2,1H3. The second-order valence-corrected chi connectivity index (χ2v) is 3.19. The second-order valence-electron chi connectivity index (χ2n) is 2.03. The minimum Gasteiger partial charge on any atom is -0.270 e. The zero-order valence-electron chi connectivity index (χ0n) is 5.64. The number of aryl methyl sites for hydroxylation is 1. The molecule has 0 saturated carbocycles. The molecule has 0 aliphatic heterocycles. The van der Waals surface area contributed by atoms with Crippen LogP contribution < -0.4 is 0 Å². The summed E-state index contributed by atoms with van der Waals surface area (Å²) >= 11 is 8.96. The van der Waals surface area contributed by atoms with Gasteiger partial charge in [0.15, 0.2) is 0 Å². The van der Waals surface area contributed by atoms with Crippen LogP contribution in [0.25, 0.3) is 0 Å². The Morgan fingerprint density at radius 3 is 2.90 bits per heavy atom. The molecule has 1 rings (SSSR count). The maximum absolute atomic E-state index is 5.73. The molecule has 1 aromatic heterocycles. The maximum Gasteiger partial charge on any atom is 0.146 e. The molecule has 0 fully saturated rings. The molecule has 1 heterocycles. The minimum absolute atomic E-state index is 0.674. The van der Waals surface area contributed by atoms with E-state index < -0.39 is 0 Å². The zero-order chi connectivity index (χ0) is 7.56. The summed E-state index contributed by atoms with van der Waals surface area (Å²) in [5.74, 6) is 0. The molecule has 0 saturated heterocycles. The lowest BCUT2D eigenvalue weighted by Crippen LogP contribution is -1.95. The lowest BCUT2D eigenvalue weighted by atomic mass is 10.5. The maximum atomic E-state index is 5.73. The van der Waals surface area contributed by atoms with E-state index >= 15 is 0 Å². The first-order valence-corrected chi connectivity index (χ1v) is 4.29. The van der Waals surface area contributed by atoms with Gasteiger partial charge in [0.05, 0.1) is 5.02 Å². The summed E-state index contributed by atoms with van der Waals surface area (Å²) in [6.45, 7) is 3.02. The molecule has 10 heavy (non-hydrogen) atoms. The number of nitrogens with zero attached hydrogens (tertiary/aromatic N) is 2. The third kappa shape index (κ3) is 1.73. The average Bonchev–Trinajstić information content (AvgIpc) is 2.14. The fourth-order valence-corrected chi connectivity index (χ4v) is 1.17. The van der Waals surface area contributed by atoms with E-state index in [0.717, 1.165) is 17.6 Å². The molecule has 0 atom stereocenters. The van der Waals surface area contributed by atoms with E-state index in [-0.39, 0.29) is 0 Å². The molecule has 1 aromatic rings. The lowest BCUT2D eigenvalue weighted by Gasteiger charge is -1.93. The largest absolute Gasteiger partial charge is 0.270 e. The van der Waals surface area contributed by atoms with Crippen molar-refractivity contribution in [3.05, 3.63) is 15.8 Å². The Morgan fingerprint density at radius 1 is 1.80 bits per heavy atom. The van der Waals surface area contributed by atoms with Crippen LogP contribution in [0.1, 0.15) is 13.3 Å². The van der Waals surface area contributed by atoms with Gasteiger partial charge in [-0.15, -0.1) is 0 Å². The molecular weight excluding hydrogens is 215 g/mol. The molecule has 4 heteroatoms. The van der Waals surface area contributed by atoms with Crippen molar-refractivity contribution in [1.29, 1.82) is 0 Å². The number of hydrogen-bond acceptors (Lipinski definition) is 1. The van der Waals surface area contributed by atoms with Crippen molar-refractivity contribution < 1.29 is 0 Å². The molecule has 0 radical (unpaired) electrons. The number of aromatic nitrogens is 2. The van der Waals surface area contributed by atoms with Crippen molar-refractivity contribution in [2.45, 2.75) is 19.9 Å². The van der Waals surface area contributed by atoms with Crippen LogP contribution in [0.5, 0.6) is 0 Å². The highest BCUT2D eigenvalue weighted by atomic mass is 79.9. The highest BCUT2D eigenvalue weighted by molar-refractivity contribution is 9.10. The fraction of sp³-hybridized carbons (Fsp3) is 0.500. The van der Waals surface area contributed by atoms with Crippen molar-refractivity contribution in [1.82, 2.24) is 9.78 Å². The van der Waals surface area contributed by atoms with Gasteiger partial charge in [0.2, 0.25) is 0 Å². The molecule has 0 N–H and O–H groups in total. The highest BCUT2D eigenvalue weighted by Gasteiger charge is 2.00. The molecule has 0 amide bonds. The summed E-state index contributed by atoms with van der Waals surface area (Å²) in [5.41, 5.74) is 0. The van der Waals surface area contributed by atoms with E-state index in [9.17, 15) is 0 Å². The number of hydrogen-bond donors (Lipinski definition) is 0. The molecule has 0 unspecified atom stereocenters. The summed E-state index contributed by atoms with van der Waals surface area (Å²) in [7, 11) is 0. The van der Waals surface area contributed by atoms with Gasteiger partial charge in [-0.1, -0.05) is 18.5 Å². The first-order valence-electron chi connectivity index (χ1n) is 3.12. The van der Waals surface area contributed by atoms with Gasteiger partial charge < -0.3 is 0 Å². The van der Waals surface area contributed by atoms with Crippen LogP contribution in [0.3, 0.4) is 0 Å². The minimum atomic E-state index is 0.674. The van der Waals surface area contributed by atoms with E-state index in [1.54, 1.807) is 0 Å². The van der Waals surface area contributed by atoms with Crippen LogP contribution in [-0.4, -0.2) is 9.78 Å². The molecule has 0 aliphatic rings. The monoisotopic (exact) mass is 222 g/mol. The van der Waals surface area contributed by atoms with Crippen molar-refractivity contribution >= 4 is 27.5 Å². The fourth-order valence-electron chi connectivity index (χ4n) is 0.717. The van der Waals surface area contributed by atoms with Gasteiger partial charge in [-0.05, 0) is 22.4 Å². The van der Waals surface area contributed by atoms with Gasteiger partial charge in [0, 0.05) is 12.7 Å². The van der Waals surface area contributed by atoms with E-state index in [1.165, 1.54) is 0 Å². The normalized spacial score (nSPS) is 10.3. The molecule has 56 valence electrons. The molecule has 2 nitrogen and oxygen atoms in total. The third-order valence-electron chi connectivity index (χ3n) is 1.13. The topological polar surface area (TPSA) is 17.8 Å². The van der Waals surface area contributed by atoms with Gasteiger partial charge in [-0.3, -0.25) is 4.68 Å². The smallest absolute Gasteiger partial charge is 0.146 e. The number of rotatable bonds is 2. The SMILES string of the molecule is CCCn1cc(Cl)c(Br)n1. The van der Waals surface area contributed by atoms with Gasteiger partial charge in [-0.2, -0.15) is 5.10 Å². The van der Waals surface area contributed by atoms with Crippen molar-refractivity contribution in [3.8, 4) is 0 Å². The van der Waals surface area contributed by atoms with Crippen molar-refractivity contribution in [3.63, 3.8) is 0 Å². The molecular formula is C6H8BrClN2. The second kappa shape index (κ2) is 3.39. The van der Waals surface area contributed by atoms with Crippen molar-refractivity contribution in [2.75, 3.05) is 0 Å². The Hall–Kier alpha value is -0.0200. The zero-order valence-corrected chi connectivity index (χ0v) is 7.98. The Morgan fingerprint density at radius 2 is 2.50 bits per heavy atom. The Labute approximate surface area is 73.3 Å². The Kier molecular flexibility index (Phi) is 2.74. The summed E-state index contributed by atoms with van der Waals surface area (Å²) in [6.07, 6.45) is 2.89. The highest BCUT2D eigenvalue weighted by Crippen LogP contribution is 2.19. The van der Waals surface area contributed by atoms with Crippen molar-refractivity contribution in [2.24, 2.45) is 0 Å². The quantitative estimate of drug-likeness (QED) is 0.754. The Bertz CT molecular complexity index is 202. The van der Waals surface area contributed by atoms with E-state index in [1.807, 2.05) is 10.9 Å². The predicted molar refractivity (Wildman–Crippen MR) is 45.2 cm³/mol. The van der Waals surface area contributed by atoms with Crippen LogP contribution in [0, 0.1) is 0 Å². The lowest BCUT2D eigenvalue weighted by molar-refractivity contribution is 0.599. The molecule has 0 aliphatic carbocycles. The summed E-state index contributed by atoms with van der Waals surface area (Å²) in [6, 6.07) is 0. The summed E-state index contributed by atoms with van der Waals surface area (Å²) in [4.78, 5) is 0. The summed E-state index contributed by atoms with van der Waals surface area (Å²) < 4.78 is 2.55. The Balaban J connectivity index is 2.77. The third-order valence-corrected chi connectivity index (χ3v) is 2.22. The van der Waals surface area contributed by atoms with Crippen LogP contribution >= 0.6 is 27.5 Å². The van der Waals surface area contributed by atoms with Crippen LogP contribution in [0.15, 0.2) is 10.8 Å². The number of halogens is 2. The van der Waals surface area contributed by atoms with Gasteiger partial charge in [0.1, 0.15) is 4.60 Å². The van der Waals surface area contributed by atoms with E-state index in [4.69, 9.17) is 11.6 Å².